The van der Waals surface area contributed by atoms with Crippen molar-refractivity contribution in [2.45, 2.75) is 6.61 Å². The third-order valence-corrected chi connectivity index (χ3v) is 4.14. The fraction of sp³-hybridized carbons (Fsp3) is 0.125. The first kappa shape index (κ1) is 8.20. The maximum absolute atomic E-state index is 8.82. The van der Waals surface area contributed by atoms with Crippen molar-refractivity contribution in [1.29, 1.82) is 0 Å². The summed E-state index contributed by atoms with van der Waals surface area (Å²) in [6, 6.07) is 2.07. The predicted octanol–water partition coefficient (Wildman–Crippen LogP) is 1.36. The van der Waals surface area contributed by atoms with Crippen LogP contribution in [0.3, 0.4) is 0 Å². The maximum atomic E-state index is 8.82. The zero-order chi connectivity index (χ0) is 8.39. The van der Waals surface area contributed by atoms with E-state index in [1.807, 2.05) is 10.3 Å². The molecular formula is C8H7NOSSe. The summed E-state index contributed by atoms with van der Waals surface area (Å²) in [6.45, 7) is 0.0649. The van der Waals surface area contributed by atoms with Gasteiger partial charge in [0, 0.05) is 0 Å². The number of aromatic nitrogens is 1. The van der Waals surface area contributed by atoms with E-state index in [1.54, 1.807) is 11.3 Å². The summed E-state index contributed by atoms with van der Waals surface area (Å²) < 4.78 is 1.13. The molecular weight excluding hydrogens is 237 g/mol. The summed E-state index contributed by atoms with van der Waals surface area (Å²) in [4.78, 5) is 6.34. The van der Waals surface area contributed by atoms with E-state index in [1.165, 1.54) is 5.56 Å². The van der Waals surface area contributed by atoms with Crippen molar-refractivity contribution in [2.75, 3.05) is 0 Å². The Morgan fingerprint density at radius 1 is 1.58 bits per heavy atom. The van der Waals surface area contributed by atoms with Crippen molar-refractivity contribution in [1.82, 2.24) is 4.98 Å². The zero-order valence-corrected chi connectivity index (χ0v) is 8.76. The van der Waals surface area contributed by atoms with Crippen molar-refractivity contribution < 1.29 is 5.11 Å². The molecule has 4 heteroatoms. The number of hydrogen-bond donors (Lipinski definition) is 1. The second-order valence-electron chi connectivity index (χ2n) is 2.31. The topological polar surface area (TPSA) is 33.1 Å². The SMILES string of the molecule is OCc1c[se]c(-c2ccsc2)n1. The third kappa shape index (κ3) is 1.52. The molecule has 0 aliphatic rings. The van der Waals surface area contributed by atoms with Crippen molar-refractivity contribution in [2.24, 2.45) is 0 Å². The summed E-state index contributed by atoms with van der Waals surface area (Å²) in [5.41, 5.74) is 2.02. The summed E-state index contributed by atoms with van der Waals surface area (Å²) in [5.74, 6) is 0. The van der Waals surface area contributed by atoms with Crippen LogP contribution in [0, 0.1) is 0 Å². The summed E-state index contributed by atoms with van der Waals surface area (Å²) in [6.07, 6.45) is 0. The fourth-order valence-electron chi connectivity index (χ4n) is 0.898. The van der Waals surface area contributed by atoms with Gasteiger partial charge in [-0.3, -0.25) is 0 Å². The first-order valence-electron chi connectivity index (χ1n) is 3.48. The standard InChI is InChI=1S/C8H7NOSSe/c10-3-7-5-12-8(9-7)6-1-2-11-4-6/h1-2,4-5,10H,3H2. The van der Waals surface area contributed by atoms with Gasteiger partial charge in [0.15, 0.2) is 0 Å². The van der Waals surface area contributed by atoms with Crippen LogP contribution in [0.2, 0.25) is 0 Å². The van der Waals surface area contributed by atoms with E-state index in [4.69, 9.17) is 5.11 Å². The molecule has 0 aromatic carbocycles. The molecule has 0 aliphatic heterocycles. The van der Waals surface area contributed by atoms with E-state index in [9.17, 15) is 0 Å². The molecule has 0 aliphatic carbocycles. The molecule has 0 saturated heterocycles. The minimum atomic E-state index is 0.0649. The van der Waals surface area contributed by atoms with Crippen molar-refractivity contribution in [3.8, 4) is 10.1 Å². The quantitative estimate of drug-likeness (QED) is 0.809. The Kier molecular flexibility index (Phi) is 2.42. The molecule has 0 saturated carbocycles. The van der Waals surface area contributed by atoms with Crippen LogP contribution in [0.1, 0.15) is 5.69 Å². The van der Waals surface area contributed by atoms with Gasteiger partial charge < -0.3 is 0 Å². The molecule has 0 spiro atoms. The first-order valence-corrected chi connectivity index (χ1v) is 6.27. The number of aliphatic hydroxyl groups is 1. The van der Waals surface area contributed by atoms with E-state index < -0.39 is 0 Å². The van der Waals surface area contributed by atoms with Gasteiger partial charge in [-0.25, -0.2) is 0 Å². The van der Waals surface area contributed by atoms with Crippen LogP contribution in [0.25, 0.3) is 10.1 Å². The Balaban J connectivity index is 2.35. The minimum absolute atomic E-state index is 0.0649. The molecule has 2 nitrogen and oxygen atoms in total. The van der Waals surface area contributed by atoms with Gasteiger partial charge in [-0.1, -0.05) is 0 Å². The van der Waals surface area contributed by atoms with Crippen LogP contribution in [0.4, 0.5) is 0 Å². The van der Waals surface area contributed by atoms with Gasteiger partial charge in [0.05, 0.1) is 0 Å². The summed E-state index contributed by atoms with van der Waals surface area (Å²) in [5, 5.41) is 13.0. The fourth-order valence-corrected chi connectivity index (χ4v) is 3.40. The monoisotopic (exact) mass is 245 g/mol. The average Bonchev–Trinajstić information content (AvgIpc) is 2.75. The molecule has 2 aromatic heterocycles. The summed E-state index contributed by atoms with van der Waals surface area (Å²) in [7, 11) is 0. The van der Waals surface area contributed by atoms with Gasteiger partial charge in [0.25, 0.3) is 0 Å². The van der Waals surface area contributed by atoms with Crippen LogP contribution in [-0.2, 0) is 6.61 Å². The van der Waals surface area contributed by atoms with Crippen molar-refractivity contribution >= 4 is 25.8 Å². The normalized spacial score (nSPS) is 10.4. The molecule has 2 heterocycles. The Bertz CT molecular complexity index is 355. The molecule has 0 bridgehead atoms. The Morgan fingerprint density at radius 2 is 2.50 bits per heavy atom. The Hall–Kier alpha value is -0.411. The van der Waals surface area contributed by atoms with Crippen molar-refractivity contribution in [3.05, 3.63) is 27.5 Å². The van der Waals surface area contributed by atoms with Crippen molar-refractivity contribution in [3.63, 3.8) is 0 Å². The predicted molar refractivity (Wildman–Crippen MR) is 50.4 cm³/mol. The number of rotatable bonds is 2. The van der Waals surface area contributed by atoms with Crippen LogP contribution in [0.5, 0.6) is 0 Å². The van der Waals surface area contributed by atoms with Crippen LogP contribution in [0.15, 0.2) is 21.8 Å². The van der Waals surface area contributed by atoms with Crippen LogP contribution >= 0.6 is 11.3 Å². The van der Waals surface area contributed by atoms with E-state index >= 15 is 0 Å². The molecule has 0 radical (unpaired) electrons. The molecule has 62 valence electrons. The van der Waals surface area contributed by atoms with Gasteiger partial charge in [0.2, 0.25) is 0 Å². The zero-order valence-electron chi connectivity index (χ0n) is 6.23. The van der Waals surface area contributed by atoms with Crippen LogP contribution in [-0.4, -0.2) is 24.6 Å². The second-order valence-corrected chi connectivity index (χ2v) is 4.89. The molecule has 2 rings (SSSR count). The van der Waals surface area contributed by atoms with Gasteiger partial charge in [-0.15, -0.1) is 0 Å². The van der Waals surface area contributed by atoms with Gasteiger partial charge >= 0.3 is 80.1 Å². The number of nitrogens with zero attached hydrogens (tertiary/aromatic N) is 1. The van der Waals surface area contributed by atoms with Crippen LogP contribution < -0.4 is 0 Å². The number of aliphatic hydroxyl groups excluding tert-OH is 1. The molecule has 2 aromatic rings. The van der Waals surface area contributed by atoms with E-state index in [0.29, 0.717) is 14.5 Å². The van der Waals surface area contributed by atoms with E-state index in [0.717, 1.165) is 10.3 Å². The molecule has 1 N–H and O–H groups in total. The Labute approximate surface area is 80.3 Å². The van der Waals surface area contributed by atoms with E-state index in [-0.39, 0.29) is 6.61 Å². The second kappa shape index (κ2) is 3.54. The van der Waals surface area contributed by atoms with Gasteiger partial charge in [-0.2, -0.15) is 0 Å². The average molecular weight is 244 g/mol. The summed E-state index contributed by atoms with van der Waals surface area (Å²) >= 11 is 2.00. The molecule has 0 fully saturated rings. The first-order chi connectivity index (χ1) is 5.90. The van der Waals surface area contributed by atoms with Gasteiger partial charge in [0.1, 0.15) is 0 Å². The third-order valence-electron chi connectivity index (χ3n) is 1.48. The number of thiophene rings is 1. The van der Waals surface area contributed by atoms with E-state index in [2.05, 4.69) is 16.4 Å². The number of hydrogen-bond acceptors (Lipinski definition) is 3. The molecule has 12 heavy (non-hydrogen) atoms. The molecule has 0 unspecified atom stereocenters. The molecule has 0 amide bonds. The molecule has 0 atom stereocenters. The Morgan fingerprint density at radius 3 is 3.08 bits per heavy atom. The van der Waals surface area contributed by atoms with Gasteiger partial charge in [-0.05, 0) is 0 Å².